The Morgan fingerprint density at radius 2 is 2.38 bits per heavy atom. The van der Waals surface area contributed by atoms with E-state index in [1.165, 1.54) is 6.42 Å². The van der Waals surface area contributed by atoms with Gasteiger partial charge in [0.2, 0.25) is 5.91 Å². The minimum atomic E-state index is 0.0247. The molecule has 4 atom stereocenters. The van der Waals surface area contributed by atoms with Crippen molar-refractivity contribution >= 4 is 5.91 Å². The van der Waals surface area contributed by atoms with Gasteiger partial charge in [-0.05, 0) is 26.2 Å². The quantitative estimate of drug-likeness (QED) is 0.770. The van der Waals surface area contributed by atoms with Gasteiger partial charge in [-0.15, -0.1) is 0 Å². The summed E-state index contributed by atoms with van der Waals surface area (Å²) in [6.45, 7) is 1.93. The molecule has 2 heterocycles. The topological polar surface area (TPSA) is 56.1 Å². The summed E-state index contributed by atoms with van der Waals surface area (Å²) in [5.41, 5.74) is 0. The van der Waals surface area contributed by atoms with Crippen molar-refractivity contribution in [2.75, 3.05) is 7.05 Å². The third kappa shape index (κ3) is 1.92. The lowest BCUT2D eigenvalue weighted by Gasteiger charge is -2.29. The van der Waals surface area contributed by atoms with Crippen LogP contribution >= 0.6 is 0 Å². The average molecular weight is 221 g/mol. The number of nitriles is 1. The van der Waals surface area contributed by atoms with Crippen molar-refractivity contribution in [3.8, 4) is 6.07 Å². The van der Waals surface area contributed by atoms with Crippen LogP contribution in [0.5, 0.6) is 0 Å². The van der Waals surface area contributed by atoms with Crippen LogP contribution in [0.1, 0.15) is 32.6 Å². The Morgan fingerprint density at radius 1 is 1.62 bits per heavy atom. The third-order valence-electron chi connectivity index (χ3n) is 4.01. The van der Waals surface area contributed by atoms with Gasteiger partial charge in [0.25, 0.3) is 0 Å². The molecule has 2 saturated heterocycles. The molecular formula is C12H19N3O. The van der Waals surface area contributed by atoms with Gasteiger partial charge >= 0.3 is 0 Å². The first kappa shape index (κ1) is 11.4. The molecule has 88 valence electrons. The maximum atomic E-state index is 12.2. The van der Waals surface area contributed by atoms with Gasteiger partial charge in [-0.25, -0.2) is 0 Å². The first-order valence-corrected chi connectivity index (χ1v) is 6.03. The summed E-state index contributed by atoms with van der Waals surface area (Å²) in [4.78, 5) is 14.0. The molecule has 0 spiro atoms. The van der Waals surface area contributed by atoms with E-state index in [1.807, 2.05) is 14.0 Å². The fraction of sp³-hybridized carbons (Fsp3) is 0.833. The zero-order chi connectivity index (χ0) is 11.7. The van der Waals surface area contributed by atoms with E-state index in [2.05, 4.69) is 11.4 Å². The van der Waals surface area contributed by atoms with Crippen LogP contribution in [0.15, 0.2) is 0 Å². The van der Waals surface area contributed by atoms with Gasteiger partial charge in [0.15, 0.2) is 0 Å². The van der Waals surface area contributed by atoms with E-state index in [-0.39, 0.29) is 17.9 Å². The molecular weight excluding hydrogens is 202 g/mol. The zero-order valence-corrected chi connectivity index (χ0v) is 9.94. The first-order valence-electron chi connectivity index (χ1n) is 6.03. The predicted molar refractivity (Wildman–Crippen MR) is 60.5 cm³/mol. The number of carbonyl (C=O) groups excluding carboxylic acids is 1. The maximum absolute atomic E-state index is 12.2. The molecule has 0 radical (unpaired) electrons. The van der Waals surface area contributed by atoms with Crippen LogP contribution in [0.2, 0.25) is 0 Å². The second kappa shape index (κ2) is 4.42. The van der Waals surface area contributed by atoms with E-state index >= 15 is 0 Å². The second-order valence-corrected chi connectivity index (χ2v) is 5.05. The van der Waals surface area contributed by atoms with Crippen LogP contribution in [0.3, 0.4) is 0 Å². The van der Waals surface area contributed by atoms with Crippen LogP contribution in [-0.2, 0) is 4.79 Å². The molecule has 2 aliphatic rings. The van der Waals surface area contributed by atoms with Crippen LogP contribution < -0.4 is 5.32 Å². The molecule has 2 bridgehead atoms. The van der Waals surface area contributed by atoms with Gasteiger partial charge in [0.05, 0.1) is 18.4 Å². The summed E-state index contributed by atoms with van der Waals surface area (Å²) >= 11 is 0. The lowest BCUT2D eigenvalue weighted by atomic mass is 9.88. The second-order valence-electron chi connectivity index (χ2n) is 5.05. The molecule has 2 aliphatic heterocycles. The fourth-order valence-electron chi connectivity index (χ4n) is 2.84. The Hall–Kier alpha value is -1.08. The number of hydrogen-bond acceptors (Lipinski definition) is 3. The number of fused-ring (bicyclic) bond motifs is 2. The number of nitrogens with zero attached hydrogens (tertiary/aromatic N) is 2. The van der Waals surface area contributed by atoms with Crippen LogP contribution in [0, 0.1) is 17.2 Å². The number of carbonyl (C=O) groups is 1. The smallest absolute Gasteiger partial charge is 0.227 e. The minimum absolute atomic E-state index is 0.0247. The van der Waals surface area contributed by atoms with Gasteiger partial charge in [-0.1, -0.05) is 0 Å². The number of nitrogens with one attached hydrogen (secondary N) is 1. The van der Waals surface area contributed by atoms with Crippen molar-refractivity contribution in [3.63, 3.8) is 0 Å². The lowest BCUT2D eigenvalue weighted by molar-refractivity contribution is -0.136. The molecule has 2 rings (SSSR count). The lowest BCUT2D eigenvalue weighted by Crippen LogP contribution is -2.42. The van der Waals surface area contributed by atoms with Gasteiger partial charge in [0.1, 0.15) is 0 Å². The zero-order valence-electron chi connectivity index (χ0n) is 9.94. The predicted octanol–water partition coefficient (Wildman–Crippen LogP) is 0.887. The molecule has 1 amide bonds. The molecule has 1 N–H and O–H groups in total. The summed E-state index contributed by atoms with van der Waals surface area (Å²) in [6.07, 6.45) is 3.73. The Bertz CT molecular complexity index is 323. The Labute approximate surface area is 96.6 Å². The van der Waals surface area contributed by atoms with E-state index in [4.69, 9.17) is 5.26 Å². The molecule has 0 aromatic heterocycles. The summed E-state index contributed by atoms with van der Waals surface area (Å²) in [5.74, 6) is 0.354. The van der Waals surface area contributed by atoms with Gasteiger partial charge in [0, 0.05) is 25.2 Å². The van der Waals surface area contributed by atoms with Crippen LogP contribution in [-0.4, -0.2) is 36.0 Å². The standard InChI is InChI=1S/C12H19N3O/c1-8(5-6-13)15(2)12(16)10-7-9-3-4-11(10)14-9/h8-11,14H,3-5,7H2,1-2H3. The highest BCUT2D eigenvalue weighted by atomic mass is 16.2. The van der Waals surface area contributed by atoms with Crippen molar-refractivity contribution in [3.05, 3.63) is 0 Å². The Morgan fingerprint density at radius 3 is 2.88 bits per heavy atom. The van der Waals surface area contributed by atoms with E-state index in [1.54, 1.807) is 4.90 Å². The highest BCUT2D eigenvalue weighted by Crippen LogP contribution is 2.34. The van der Waals surface area contributed by atoms with Gasteiger partial charge in [-0.3, -0.25) is 4.79 Å². The van der Waals surface area contributed by atoms with Crippen molar-refractivity contribution in [2.45, 2.75) is 50.7 Å². The number of rotatable bonds is 3. The molecule has 4 heteroatoms. The molecule has 0 aromatic rings. The van der Waals surface area contributed by atoms with E-state index < -0.39 is 0 Å². The van der Waals surface area contributed by atoms with Gasteiger partial charge < -0.3 is 10.2 Å². The van der Waals surface area contributed by atoms with Crippen LogP contribution in [0.4, 0.5) is 0 Å². The van der Waals surface area contributed by atoms with Gasteiger partial charge in [-0.2, -0.15) is 5.26 Å². The summed E-state index contributed by atoms with van der Waals surface area (Å²) in [7, 11) is 1.82. The van der Waals surface area contributed by atoms with Crippen LogP contribution in [0.25, 0.3) is 0 Å². The third-order valence-corrected chi connectivity index (χ3v) is 4.01. The molecule has 16 heavy (non-hydrogen) atoms. The SMILES string of the molecule is CC(CC#N)N(C)C(=O)C1CC2CCC1N2. The summed E-state index contributed by atoms with van der Waals surface area (Å²) < 4.78 is 0. The van der Waals surface area contributed by atoms with Crippen molar-refractivity contribution in [1.29, 1.82) is 5.26 Å². The van der Waals surface area contributed by atoms with Crippen molar-refractivity contribution < 1.29 is 4.79 Å². The van der Waals surface area contributed by atoms with E-state index in [0.29, 0.717) is 18.5 Å². The number of amides is 1. The average Bonchev–Trinajstić information content (AvgIpc) is 2.89. The molecule has 4 nitrogen and oxygen atoms in total. The monoisotopic (exact) mass is 221 g/mol. The highest BCUT2D eigenvalue weighted by molar-refractivity contribution is 5.80. The minimum Gasteiger partial charge on any atom is -0.342 e. The Kier molecular flexibility index (Phi) is 3.15. The summed E-state index contributed by atoms with van der Waals surface area (Å²) in [6, 6.07) is 3.08. The van der Waals surface area contributed by atoms with E-state index in [9.17, 15) is 4.79 Å². The van der Waals surface area contributed by atoms with Crippen molar-refractivity contribution in [2.24, 2.45) is 5.92 Å². The molecule has 0 aliphatic carbocycles. The summed E-state index contributed by atoms with van der Waals surface area (Å²) in [5, 5.41) is 12.1. The normalized spacial score (nSPS) is 33.4. The molecule has 0 aromatic carbocycles. The molecule has 0 saturated carbocycles. The van der Waals surface area contributed by atoms with Crippen molar-refractivity contribution in [1.82, 2.24) is 10.2 Å². The highest BCUT2D eigenvalue weighted by Gasteiger charge is 2.44. The van der Waals surface area contributed by atoms with E-state index in [0.717, 1.165) is 12.8 Å². The number of hydrogen-bond donors (Lipinski definition) is 1. The largest absolute Gasteiger partial charge is 0.342 e. The maximum Gasteiger partial charge on any atom is 0.227 e. The fourth-order valence-corrected chi connectivity index (χ4v) is 2.84. The first-order chi connectivity index (χ1) is 7.63. The molecule has 2 fully saturated rings. The molecule has 4 unspecified atom stereocenters. The Balaban J connectivity index is 1.95.